The van der Waals surface area contributed by atoms with Crippen molar-refractivity contribution in [3.8, 4) is 0 Å². The van der Waals surface area contributed by atoms with E-state index in [-0.39, 0.29) is 33.4 Å². The van der Waals surface area contributed by atoms with Gasteiger partial charge in [-0.05, 0) is 31.2 Å². The van der Waals surface area contributed by atoms with Crippen LogP contribution < -0.4 is 4.31 Å². The third-order valence-electron chi connectivity index (χ3n) is 3.54. The summed E-state index contributed by atoms with van der Waals surface area (Å²) in [6.45, 7) is 1.57. The molecule has 0 aliphatic heterocycles. The molecule has 8 nitrogen and oxygen atoms in total. The van der Waals surface area contributed by atoms with Crippen LogP contribution in [0.1, 0.15) is 17.3 Å². The minimum Gasteiger partial charge on any atom is -0.465 e. The van der Waals surface area contributed by atoms with E-state index in [1.807, 2.05) is 0 Å². The fourth-order valence-electron chi connectivity index (χ4n) is 2.30. The van der Waals surface area contributed by atoms with E-state index in [2.05, 4.69) is 4.74 Å². The first-order chi connectivity index (χ1) is 12.2. The van der Waals surface area contributed by atoms with E-state index in [1.165, 1.54) is 43.5 Å². The van der Waals surface area contributed by atoms with Crippen molar-refractivity contribution in [2.24, 2.45) is 0 Å². The average molecular weight is 399 g/mol. The number of esters is 1. The van der Waals surface area contributed by atoms with E-state index < -0.39 is 20.9 Å². The number of rotatable bonds is 6. The summed E-state index contributed by atoms with van der Waals surface area (Å²) in [6, 6.07) is 8.79. The Hall–Kier alpha value is -2.65. The zero-order chi connectivity index (χ0) is 19.5. The third-order valence-corrected chi connectivity index (χ3v) is 5.74. The van der Waals surface area contributed by atoms with Gasteiger partial charge in [0, 0.05) is 18.7 Å². The van der Waals surface area contributed by atoms with E-state index in [4.69, 9.17) is 11.6 Å². The normalized spacial score (nSPS) is 11.0. The Bertz CT molecular complexity index is 961. The summed E-state index contributed by atoms with van der Waals surface area (Å²) >= 11 is 6.13. The number of carbonyl (C=O) groups is 1. The van der Waals surface area contributed by atoms with E-state index in [1.54, 1.807) is 6.92 Å². The van der Waals surface area contributed by atoms with Crippen molar-refractivity contribution in [3.05, 3.63) is 63.2 Å². The van der Waals surface area contributed by atoms with Crippen molar-refractivity contribution in [1.82, 2.24) is 0 Å². The SMILES string of the molecule is CCN(c1cc(C(=O)OC)ccc1Cl)S(=O)(=O)c1cccc([N+](=O)[O-])c1. The summed E-state index contributed by atoms with van der Waals surface area (Å²) in [5, 5.41) is 11.0. The minimum atomic E-state index is -4.14. The Labute approximate surface area is 155 Å². The van der Waals surface area contributed by atoms with Crippen LogP contribution in [-0.2, 0) is 14.8 Å². The molecule has 2 aromatic carbocycles. The van der Waals surface area contributed by atoms with Crippen molar-refractivity contribution in [2.45, 2.75) is 11.8 Å². The number of hydrogen-bond acceptors (Lipinski definition) is 6. The fraction of sp³-hybridized carbons (Fsp3) is 0.188. The molecule has 0 heterocycles. The standard InChI is InChI=1S/C16H15ClN2O6S/c1-3-18(15-9-11(16(20)25-2)7-8-14(15)17)26(23,24)13-6-4-5-12(10-13)19(21)22/h4-10H,3H2,1-2H3. The number of benzene rings is 2. The molecule has 0 atom stereocenters. The molecule has 0 fully saturated rings. The van der Waals surface area contributed by atoms with Crippen LogP contribution in [0.15, 0.2) is 47.4 Å². The third kappa shape index (κ3) is 3.78. The molecule has 0 saturated carbocycles. The van der Waals surface area contributed by atoms with Crippen LogP contribution in [0, 0.1) is 10.1 Å². The maximum atomic E-state index is 13.0. The molecule has 10 heteroatoms. The molecule has 0 aliphatic carbocycles. The van der Waals surface area contributed by atoms with Crippen LogP contribution in [0.2, 0.25) is 5.02 Å². The van der Waals surface area contributed by atoms with E-state index in [9.17, 15) is 23.3 Å². The molecule has 0 saturated heterocycles. The highest BCUT2D eigenvalue weighted by Gasteiger charge is 2.27. The largest absolute Gasteiger partial charge is 0.465 e. The van der Waals surface area contributed by atoms with Gasteiger partial charge in [-0.15, -0.1) is 0 Å². The summed E-state index contributed by atoms with van der Waals surface area (Å²) in [6.07, 6.45) is 0. The van der Waals surface area contributed by atoms with E-state index in [0.29, 0.717) is 0 Å². The molecule has 0 bridgehead atoms. The quantitative estimate of drug-likeness (QED) is 0.420. The number of carbonyl (C=O) groups excluding carboxylic acids is 1. The second kappa shape index (κ2) is 7.71. The molecule has 0 unspecified atom stereocenters. The van der Waals surface area contributed by atoms with Gasteiger partial charge < -0.3 is 4.74 Å². The van der Waals surface area contributed by atoms with E-state index in [0.717, 1.165) is 10.4 Å². The highest BCUT2D eigenvalue weighted by molar-refractivity contribution is 7.92. The van der Waals surface area contributed by atoms with Crippen molar-refractivity contribution >= 4 is 39.0 Å². The second-order valence-corrected chi connectivity index (χ2v) is 7.35. The molecule has 2 aromatic rings. The first-order valence-corrected chi connectivity index (χ1v) is 9.19. The van der Waals surface area contributed by atoms with Crippen LogP contribution in [0.3, 0.4) is 0 Å². The number of ether oxygens (including phenoxy) is 1. The lowest BCUT2D eigenvalue weighted by Gasteiger charge is -2.24. The predicted molar refractivity (Wildman–Crippen MR) is 96.1 cm³/mol. The molecule has 0 aliphatic rings. The van der Waals surface area contributed by atoms with Gasteiger partial charge in [-0.3, -0.25) is 14.4 Å². The Morgan fingerprint density at radius 2 is 1.96 bits per heavy atom. The maximum Gasteiger partial charge on any atom is 0.337 e. The van der Waals surface area contributed by atoms with Crippen LogP contribution in [0.4, 0.5) is 11.4 Å². The average Bonchev–Trinajstić information content (AvgIpc) is 2.63. The van der Waals surface area contributed by atoms with Crippen molar-refractivity contribution in [3.63, 3.8) is 0 Å². The minimum absolute atomic E-state index is 0.00459. The summed E-state index contributed by atoms with van der Waals surface area (Å²) in [4.78, 5) is 21.7. The summed E-state index contributed by atoms with van der Waals surface area (Å²) in [5.41, 5.74) is -0.153. The predicted octanol–water partition coefficient (Wildman–Crippen LogP) is 3.25. The summed E-state index contributed by atoms with van der Waals surface area (Å²) < 4.78 is 31.5. The Morgan fingerprint density at radius 3 is 2.54 bits per heavy atom. The zero-order valence-electron chi connectivity index (χ0n) is 13.9. The molecule has 138 valence electrons. The molecular formula is C16H15ClN2O6S. The molecule has 26 heavy (non-hydrogen) atoms. The fourth-order valence-corrected chi connectivity index (χ4v) is 4.10. The summed E-state index contributed by atoms with van der Waals surface area (Å²) in [5.74, 6) is -0.647. The van der Waals surface area contributed by atoms with Crippen LogP contribution >= 0.6 is 11.6 Å². The molecule has 0 aromatic heterocycles. The van der Waals surface area contributed by atoms with Gasteiger partial charge >= 0.3 is 5.97 Å². The first kappa shape index (κ1) is 19.7. The second-order valence-electron chi connectivity index (χ2n) is 5.08. The number of nitro groups is 1. The molecule has 2 rings (SSSR count). The van der Waals surface area contributed by atoms with Crippen molar-refractivity contribution < 1.29 is 22.9 Å². The van der Waals surface area contributed by atoms with Crippen molar-refractivity contribution in [2.75, 3.05) is 18.0 Å². The van der Waals surface area contributed by atoms with Gasteiger partial charge in [-0.1, -0.05) is 17.7 Å². The number of non-ortho nitro benzene ring substituents is 1. The summed E-state index contributed by atoms with van der Waals surface area (Å²) in [7, 11) is -2.94. The Morgan fingerprint density at radius 1 is 1.27 bits per heavy atom. The van der Waals surface area contributed by atoms with Crippen LogP contribution in [-0.4, -0.2) is 33.0 Å². The number of methoxy groups -OCH3 is 1. The molecule has 0 spiro atoms. The van der Waals surface area contributed by atoms with Crippen LogP contribution in [0.5, 0.6) is 0 Å². The zero-order valence-corrected chi connectivity index (χ0v) is 15.5. The topological polar surface area (TPSA) is 107 Å². The first-order valence-electron chi connectivity index (χ1n) is 7.37. The van der Waals surface area contributed by atoms with E-state index >= 15 is 0 Å². The number of halogens is 1. The van der Waals surface area contributed by atoms with Crippen LogP contribution in [0.25, 0.3) is 0 Å². The van der Waals surface area contributed by atoms with Crippen molar-refractivity contribution in [1.29, 1.82) is 0 Å². The van der Waals surface area contributed by atoms with Gasteiger partial charge in [-0.25, -0.2) is 13.2 Å². The smallest absolute Gasteiger partial charge is 0.337 e. The molecule has 0 amide bonds. The van der Waals surface area contributed by atoms with Gasteiger partial charge in [0.15, 0.2) is 0 Å². The number of hydrogen-bond donors (Lipinski definition) is 0. The number of nitro benzene ring substituents is 1. The number of nitrogens with zero attached hydrogens (tertiary/aromatic N) is 2. The monoisotopic (exact) mass is 398 g/mol. The number of anilines is 1. The highest BCUT2D eigenvalue weighted by Crippen LogP contribution is 2.32. The lowest BCUT2D eigenvalue weighted by atomic mass is 10.2. The molecular weight excluding hydrogens is 384 g/mol. The highest BCUT2D eigenvalue weighted by atomic mass is 35.5. The van der Waals surface area contributed by atoms with Gasteiger partial charge in [0.05, 0.1) is 33.2 Å². The van der Waals surface area contributed by atoms with Gasteiger partial charge in [0.25, 0.3) is 15.7 Å². The Balaban J connectivity index is 2.59. The Kier molecular flexibility index (Phi) is 5.83. The maximum absolute atomic E-state index is 13.0. The number of sulfonamides is 1. The molecule has 0 radical (unpaired) electrons. The molecule has 0 N–H and O–H groups in total. The van der Waals surface area contributed by atoms with Gasteiger partial charge in [-0.2, -0.15) is 0 Å². The lowest BCUT2D eigenvalue weighted by molar-refractivity contribution is -0.385. The van der Waals surface area contributed by atoms with Gasteiger partial charge in [0.1, 0.15) is 0 Å². The lowest BCUT2D eigenvalue weighted by Crippen LogP contribution is -2.31. The van der Waals surface area contributed by atoms with Gasteiger partial charge in [0.2, 0.25) is 0 Å².